The van der Waals surface area contributed by atoms with Gasteiger partial charge in [-0.2, -0.15) is 8.42 Å². The lowest BCUT2D eigenvalue weighted by molar-refractivity contribution is -0.237. The first-order chi connectivity index (χ1) is 20.3. The van der Waals surface area contributed by atoms with E-state index in [-0.39, 0.29) is 20.7 Å². The van der Waals surface area contributed by atoms with Crippen LogP contribution in [0.15, 0.2) is 0 Å². The second kappa shape index (κ2) is 12.5. The number of hydrogen-bond donors (Lipinski definition) is 3. The van der Waals surface area contributed by atoms with Crippen LogP contribution in [0.1, 0.15) is 142 Å². The summed E-state index contributed by atoms with van der Waals surface area (Å²) < 4.78 is 31.9. The molecule has 5 aliphatic rings. The van der Waals surface area contributed by atoms with Crippen molar-refractivity contribution in [1.29, 1.82) is 0 Å². The molecule has 0 aromatic carbocycles. The van der Waals surface area contributed by atoms with Crippen molar-refractivity contribution in [2.24, 2.45) is 62.6 Å². The summed E-state index contributed by atoms with van der Waals surface area (Å²) in [6.45, 7) is 19.5. The van der Waals surface area contributed by atoms with Gasteiger partial charge in [0.25, 0.3) is 10.1 Å². The van der Waals surface area contributed by atoms with Gasteiger partial charge in [0.1, 0.15) is 0 Å². The molecule has 5 aliphatic carbocycles. The number of hydrogen-bond acceptors (Lipinski definition) is 4. The smallest absolute Gasteiger partial charge is 0.303 e. The molecule has 5 rings (SSSR count). The molecule has 0 bridgehead atoms. The van der Waals surface area contributed by atoms with Crippen molar-refractivity contribution in [3.05, 3.63) is 0 Å². The maximum atomic E-state index is 13.9. The minimum absolute atomic E-state index is 0. The van der Waals surface area contributed by atoms with E-state index < -0.39 is 27.3 Å². The second-order valence-electron chi connectivity index (χ2n) is 17.3. The summed E-state index contributed by atoms with van der Waals surface area (Å²) in [4.78, 5) is 23.5. The molecular formula is C36H67NO6S. The Hall–Kier alpha value is -1.15. The number of carboxylic acid groups (broad SMARTS) is 1. The standard InChI is InChI=1S/C32H55NO4S.C4H8O2.2H2/c1-21(2)22-11-16-32(27(34)33-19-20-38(35,36)37)18-17-30(6)23(26(22)32)9-10-25-29(5)14-8-13-28(3,4)24(29)12-15-31(25,30)7;1-2-3-4(5)6;;/h21-26H,8-20H2,1-7H3,(H,33,34)(H,35,36,37);2-3H2,1H3,(H,5,6);2*1H/t22-,23?,24?,25?,26?,29-,30+,31+,32-;;;/m0.../s1. The molecule has 0 aromatic heterocycles. The molecule has 0 radical (unpaired) electrons. The van der Waals surface area contributed by atoms with Crippen LogP contribution >= 0.6 is 0 Å². The number of amides is 1. The maximum absolute atomic E-state index is 13.9. The van der Waals surface area contributed by atoms with Gasteiger partial charge in [-0.05, 0) is 128 Å². The van der Waals surface area contributed by atoms with Crippen LogP contribution in [0.25, 0.3) is 0 Å². The zero-order valence-electron chi connectivity index (χ0n) is 29.0. The Morgan fingerprint density at radius 2 is 1.57 bits per heavy atom. The zero-order chi connectivity index (χ0) is 32.9. The maximum Gasteiger partial charge on any atom is 0.303 e. The molecule has 3 N–H and O–H groups in total. The van der Waals surface area contributed by atoms with Gasteiger partial charge in [0.2, 0.25) is 5.91 Å². The molecule has 0 spiro atoms. The monoisotopic (exact) mass is 641 g/mol. The fourth-order valence-electron chi connectivity index (χ4n) is 12.6. The van der Waals surface area contributed by atoms with Crippen molar-refractivity contribution >= 4 is 22.0 Å². The Bertz CT molecular complexity index is 1190. The number of carbonyl (C=O) groups excluding carboxylic acids is 1. The predicted octanol–water partition coefficient (Wildman–Crippen LogP) is 8.48. The predicted molar refractivity (Wildman–Crippen MR) is 180 cm³/mol. The molecule has 258 valence electrons. The van der Waals surface area contributed by atoms with Gasteiger partial charge in [-0.1, -0.05) is 61.8 Å². The molecule has 44 heavy (non-hydrogen) atoms. The van der Waals surface area contributed by atoms with Crippen molar-refractivity contribution in [2.75, 3.05) is 12.3 Å². The van der Waals surface area contributed by atoms with Gasteiger partial charge in [0, 0.05) is 15.8 Å². The third-order valence-corrected chi connectivity index (χ3v) is 15.4. The molecule has 5 saturated carbocycles. The number of fused-ring (bicyclic) bond motifs is 7. The minimum Gasteiger partial charge on any atom is -0.481 e. The fourth-order valence-corrected chi connectivity index (χ4v) is 12.9. The minimum atomic E-state index is -4.09. The van der Waals surface area contributed by atoms with Crippen LogP contribution in [0.3, 0.4) is 0 Å². The topological polar surface area (TPSA) is 121 Å². The van der Waals surface area contributed by atoms with E-state index in [4.69, 9.17) is 5.11 Å². The van der Waals surface area contributed by atoms with Gasteiger partial charge in [0.15, 0.2) is 0 Å². The summed E-state index contributed by atoms with van der Waals surface area (Å²) in [6.07, 6.45) is 14.3. The molecule has 0 heterocycles. The van der Waals surface area contributed by atoms with E-state index in [0.717, 1.165) is 43.9 Å². The lowest BCUT2D eigenvalue weighted by Crippen LogP contribution is -2.66. The van der Waals surface area contributed by atoms with Crippen molar-refractivity contribution in [2.45, 2.75) is 139 Å². The van der Waals surface area contributed by atoms with Crippen LogP contribution in [-0.2, 0) is 19.7 Å². The van der Waals surface area contributed by atoms with Crippen LogP contribution in [0.5, 0.6) is 0 Å². The largest absolute Gasteiger partial charge is 0.481 e. The second-order valence-corrected chi connectivity index (χ2v) is 18.9. The highest BCUT2D eigenvalue weighted by molar-refractivity contribution is 7.85. The van der Waals surface area contributed by atoms with E-state index in [0.29, 0.717) is 46.3 Å². The van der Waals surface area contributed by atoms with Crippen LogP contribution < -0.4 is 5.32 Å². The molecule has 0 aromatic rings. The van der Waals surface area contributed by atoms with Gasteiger partial charge in [-0.25, -0.2) is 0 Å². The quantitative estimate of drug-likeness (QED) is 0.240. The molecule has 1 amide bonds. The molecule has 8 heteroatoms. The third kappa shape index (κ3) is 6.02. The van der Waals surface area contributed by atoms with E-state index in [9.17, 15) is 22.6 Å². The van der Waals surface area contributed by atoms with Crippen LogP contribution in [-0.4, -0.2) is 42.3 Å². The average Bonchev–Trinajstić information content (AvgIpc) is 3.29. The zero-order valence-corrected chi connectivity index (χ0v) is 29.8. The Balaban J connectivity index is 0.000000842. The molecule has 0 saturated heterocycles. The van der Waals surface area contributed by atoms with Crippen molar-refractivity contribution in [1.82, 2.24) is 5.32 Å². The number of nitrogens with one attached hydrogen (secondary N) is 1. The van der Waals surface area contributed by atoms with E-state index >= 15 is 0 Å². The third-order valence-electron chi connectivity index (χ3n) is 14.6. The Morgan fingerprint density at radius 3 is 2.14 bits per heavy atom. The van der Waals surface area contributed by atoms with Crippen molar-refractivity contribution in [3.63, 3.8) is 0 Å². The lowest BCUT2D eigenvalue weighted by atomic mass is 9.32. The summed E-state index contributed by atoms with van der Waals surface area (Å²) in [5.74, 6) is 2.46. The molecular weight excluding hydrogens is 574 g/mol. The first-order valence-corrected chi connectivity index (χ1v) is 19.4. The van der Waals surface area contributed by atoms with Crippen molar-refractivity contribution in [3.8, 4) is 0 Å². The van der Waals surface area contributed by atoms with Crippen LogP contribution in [0, 0.1) is 62.6 Å². The summed E-state index contributed by atoms with van der Waals surface area (Å²) in [5.41, 5.74) is 0.979. The Morgan fingerprint density at radius 1 is 0.886 bits per heavy atom. The van der Waals surface area contributed by atoms with Gasteiger partial charge in [-0.3, -0.25) is 14.1 Å². The Labute approximate surface area is 271 Å². The number of rotatable bonds is 7. The normalized spacial score (nSPS) is 42.5. The lowest BCUT2D eigenvalue weighted by Gasteiger charge is -2.72. The van der Waals surface area contributed by atoms with Crippen LogP contribution in [0.2, 0.25) is 0 Å². The van der Waals surface area contributed by atoms with E-state index in [1.54, 1.807) is 0 Å². The Kier molecular flexibility index (Phi) is 10.1. The molecule has 7 nitrogen and oxygen atoms in total. The molecule has 0 aliphatic heterocycles. The van der Waals surface area contributed by atoms with E-state index in [2.05, 4.69) is 53.8 Å². The first kappa shape index (κ1) is 35.7. The first-order valence-electron chi connectivity index (χ1n) is 17.7. The van der Waals surface area contributed by atoms with E-state index in [1.807, 2.05) is 6.92 Å². The van der Waals surface area contributed by atoms with Crippen LogP contribution in [0.4, 0.5) is 0 Å². The summed E-state index contributed by atoms with van der Waals surface area (Å²) in [7, 11) is -4.09. The average molecular weight is 642 g/mol. The highest BCUT2D eigenvalue weighted by Gasteiger charge is 2.71. The highest BCUT2D eigenvalue weighted by atomic mass is 32.2. The summed E-state index contributed by atoms with van der Waals surface area (Å²) >= 11 is 0. The highest BCUT2D eigenvalue weighted by Crippen LogP contribution is 2.77. The summed E-state index contributed by atoms with van der Waals surface area (Å²) in [5, 5.41) is 10.9. The summed E-state index contributed by atoms with van der Waals surface area (Å²) in [6, 6.07) is 0. The van der Waals surface area contributed by atoms with E-state index in [1.165, 1.54) is 44.9 Å². The molecule has 5 fully saturated rings. The SMILES string of the molecule is CC(C)[C@@H]1CC[C@]2(C(=O)NCCS(=O)(=O)O)CC[C@]3(C)C(CCC4[C@@]5(C)CCCC(C)(C)C5CC[C@]43C)C12.CCCC(=O)O.[HH].[HH]. The number of carboxylic acids is 1. The number of carbonyl (C=O) groups is 2. The fraction of sp³-hybridized carbons (Fsp3) is 0.944. The van der Waals surface area contributed by atoms with Gasteiger partial charge >= 0.3 is 5.97 Å². The molecule has 4 unspecified atom stereocenters. The van der Waals surface area contributed by atoms with Crippen molar-refractivity contribution < 1.29 is 30.5 Å². The van der Waals surface area contributed by atoms with Gasteiger partial charge < -0.3 is 10.4 Å². The van der Waals surface area contributed by atoms with Gasteiger partial charge in [0.05, 0.1) is 11.2 Å². The molecule has 9 atom stereocenters. The number of aliphatic carboxylic acids is 1. The van der Waals surface area contributed by atoms with Gasteiger partial charge in [-0.15, -0.1) is 0 Å².